The van der Waals surface area contributed by atoms with Gasteiger partial charge in [-0.1, -0.05) is 19.8 Å². The SMILES string of the molecule is CC(NC1CCCCC1C)C(=O)c1ccc2c(c1)CCN2. The van der Waals surface area contributed by atoms with Crippen molar-refractivity contribution in [2.24, 2.45) is 5.92 Å². The van der Waals surface area contributed by atoms with Crippen LogP contribution in [0.5, 0.6) is 0 Å². The molecule has 1 aromatic rings. The van der Waals surface area contributed by atoms with Gasteiger partial charge < -0.3 is 10.6 Å². The number of fused-ring (bicyclic) bond motifs is 1. The first kappa shape index (κ1) is 14.6. The highest BCUT2D eigenvalue weighted by atomic mass is 16.1. The summed E-state index contributed by atoms with van der Waals surface area (Å²) in [6, 6.07) is 6.48. The molecule has 1 saturated carbocycles. The van der Waals surface area contributed by atoms with Crippen LogP contribution in [-0.4, -0.2) is 24.4 Å². The first-order chi connectivity index (χ1) is 10.1. The van der Waals surface area contributed by atoms with Gasteiger partial charge in [-0.05, 0) is 55.9 Å². The zero-order valence-corrected chi connectivity index (χ0v) is 13.1. The minimum absolute atomic E-state index is 0.0945. The second-order valence-electron chi connectivity index (χ2n) is 6.67. The van der Waals surface area contributed by atoms with Crippen LogP contribution in [0.4, 0.5) is 5.69 Å². The van der Waals surface area contributed by atoms with Crippen LogP contribution in [0.3, 0.4) is 0 Å². The van der Waals surface area contributed by atoms with Crippen molar-refractivity contribution in [2.45, 2.75) is 58.0 Å². The molecule has 21 heavy (non-hydrogen) atoms. The Bertz CT molecular complexity index is 526. The van der Waals surface area contributed by atoms with Crippen molar-refractivity contribution in [1.82, 2.24) is 5.32 Å². The van der Waals surface area contributed by atoms with Crippen molar-refractivity contribution in [3.8, 4) is 0 Å². The first-order valence-electron chi connectivity index (χ1n) is 8.32. The van der Waals surface area contributed by atoms with E-state index in [4.69, 9.17) is 0 Å². The largest absolute Gasteiger partial charge is 0.384 e. The molecule has 3 atom stereocenters. The third kappa shape index (κ3) is 3.13. The van der Waals surface area contributed by atoms with Gasteiger partial charge in [-0.25, -0.2) is 0 Å². The van der Waals surface area contributed by atoms with E-state index in [1.165, 1.54) is 36.9 Å². The minimum atomic E-state index is -0.0945. The smallest absolute Gasteiger partial charge is 0.179 e. The maximum atomic E-state index is 12.6. The predicted octanol–water partition coefficient (Wildman–Crippen LogP) is 3.39. The fraction of sp³-hybridized carbons (Fsp3) is 0.611. The number of anilines is 1. The molecule has 3 heteroatoms. The lowest BCUT2D eigenvalue weighted by Crippen LogP contribution is -2.45. The van der Waals surface area contributed by atoms with Gasteiger partial charge in [0.15, 0.2) is 5.78 Å². The lowest BCUT2D eigenvalue weighted by atomic mass is 9.85. The average Bonchev–Trinajstić information content (AvgIpc) is 2.96. The van der Waals surface area contributed by atoms with Gasteiger partial charge in [0.05, 0.1) is 6.04 Å². The van der Waals surface area contributed by atoms with Gasteiger partial charge in [0.1, 0.15) is 0 Å². The summed E-state index contributed by atoms with van der Waals surface area (Å²) in [5.41, 5.74) is 3.31. The Morgan fingerprint density at radius 1 is 1.33 bits per heavy atom. The van der Waals surface area contributed by atoms with Crippen molar-refractivity contribution in [1.29, 1.82) is 0 Å². The Morgan fingerprint density at radius 3 is 2.95 bits per heavy atom. The standard InChI is InChI=1S/C18H26N2O/c1-12-5-3-4-6-16(12)20-13(2)18(21)15-7-8-17-14(11-15)9-10-19-17/h7-8,11-13,16,19-20H,3-6,9-10H2,1-2H3. The van der Waals surface area contributed by atoms with Crippen LogP contribution in [0, 0.1) is 5.92 Å². The molecule has 1 aliphatic carbocycles. The summed E-state index contributed by atoms with van der Waals surface area (Å²) in [5.74, 6) is 0.903. The zero-order valence-electron chi connectivity index (χ0n) is 13.1. The number of Topliss-reactive ketones (excluding diaryl/α,β-unsaturated/α-hetero) is 1. The Hall–Kier alpha value is -1.35. The van der Waals surface area contributed by atoms with E-state index in [9.17, 15) is 4.79 Å². The van der Waals surface area contributed by atoms with Crippen LogP contribution in [0.25, 0.3) is 0 Å². The number of hydrogen-bond donors (Lipinski definition) is 2. The quantitative estimate of drug-likeness (QED) is 0.834. The van der Waals surface area contributed by atoms with E-state index in [0.29, 0.717) is 12.0 Å². The van der Waals surface area contributed by atoms with Crippen molar-refractivity contribution < 1.29 is 4.79 Å². The molecule has 0 spiro atoms. The number of ketones is 1. The zero-order chi connectivity index (χ0) is 14.8. The Balaban J connectivity index is 1.66. The molecule has 2 N–H and O–H groups in total. The van der Waals surface area contributed by atoms with Crippen molar-refractivity contribution >= 4 is 11.5 Å². The first-order valence-corrected chi connectivity index (χ1v) is 8.32. The fourth-order valence-electron chi connectivity index (χ4n) is 3.67. The third-order valence-corrected chi connectivity index (χ3v) is 5.07. The lowest BCUT2D eigenvalue weighted by Gasteiger charge is -2.31. The lowest BCUT2D eigenvalue weighted by molar-refractivity contribution is 0.0932. The van der Waals surface area contributed by atoms with Crippen LogP contribution in [0.15, 0.2) is 18.2 Å². The summed E-state index contributed by atoms with van der Waals surface area (Å²) >= 11 is 0. The van der Waals surface area contributed by atoms with E-state index in [2.05, 4.69) is 23.6 Å². The molecular weight excluding hydrogens is 260 g/mol. The van der Waals surface area contributed by atoms with Crippen LogP contribution < -0.4 is 10.6 Å². The highest BCUT2D eigenvalue weighted by Crippen LogP contribution is 2.26. The molecule has 0 radical (unpaired) electrons. The van der Waals surface area contributed by atoms with Gasteiger partial charge in [0, 0.05) is 23.8 Å². The molecule has 0 amide bonds. The molecule has 3 nitrogen and oxygen atoms in total. The fourth-order valence-corrected chi connectivity index (χ4v) is 3.67. The highest BCUT2D eigenvalue weighted by Gasteiger charge is 2.25. The van der Waals surface area contributed by atoms with Crippen LogP contribution >= 0.6 is 0 Å². The van der Waals surface area contributed by atoms with Gasteiger partial charge in [0.25, 0.3) is 0 Å². The molecule has 3 rings (SSSR count). The molecule has 0 saturated heterocycles. The summed E-state index contributed by atoms with van der Waals surface area (Å²) in [7, 11) is 0. The second kappa shape index (κ2) is 6.18. The van der Waals surface area contributed by atoms with Crippen molar-refractivity contribution in [2.75, 3.05) is 11.9 Å². The Kier molecular flexibility index (Phi) is 4.29. The van der Waals surface area contributed by atoms with Gasteiger partial charge in [-0.15, -0.1) is 0 Å². The van der Waals surface area contributed by atoms with E-state index in [1.807, 2.05) is 19.1 Å². The van der Waals surface area contributed by atoms with E-state index < -0.39 is 0 Å². The summed E-state index contributed by atoms with van der Waals surface area (Å²) in [6.07, 6.45) is 6.13. The Morgan fingerprint density at radius 2 is 2.14 bits per heavy atom. The van der Waals surface area contributed by atoms with Gasteiger partial charge in [-0.3, -0.25) is 4.79 Å². The van der Waals surface area contributed by atoms with Crippen molar-refractivity contribution in [3.63, 3.8) is 0 Å². The molecule has 1 fully saturated rings. The van der Waals surface area contributed by atoms with E-state index in [1.54, 1.807) is 0 Å². The number of rotatable bonds is 4. The number of benzene rings is 1. The molecule has 3 unspecified atom stereocenters. The normalized spacial score (nSPS) is 26.0. The van der Waals surface area contributed by atoms with Crippen LogP contribution in [-0.2, 0) is 6.42 Å². The molecule has 0 aromatic heterocycles. The minimum Gasteiger partial charge on any atom is -0.384 e. The molecule has 1 heterocycles. The maximum Gasteiger partial charge on any atom is 0.179 e. The number of nitrogens with one attached hydrogen (secondary N) is 2. The van der Waals surface area contributed by atoms with E-state index in [-0.39, 0.29) is 11.8 Å². The van der Waals surface area contributed by atoms with E-state index >= 15 is 0 Å². The van der Waals surface area contributed by atoms with Gasteiger partial charge >= 0.3 is 0 Å². The third-order valence-electron chi connectivity index (χ3n) is 5.07. The predicted molar refractivity (Wildman–Crippen MR) is 87.0 cm³/mol. The molecular formula is C18H26N2O. The van der Waals surface area contributed by atoms with Crippen LogP contribution in [0.2, 0.25) is 0 Å². The van der Waals surface area contributed by atoms with Crippen molar-refractivity contribution in [3.05, 3.63) is 29.3 Å². The molecule has 1 aromatic carbocycles. The number of carbonyl (C=O) groups is 1. The monoisotopic (exact) mass is 286 g/mol. The average molecular weight is 286 g/mol. The summed E-state index contributed by atoms with van der Waals surface area (Å²) in [6.45, 7) is 5.30. The molecule has 0 bridgehead atoms. The number of carbonyl (C=O) groups excluding carboxylic acids is 1. The summed E-state index contributed by atoms with van der Waals surface area (Å²) < 4.78 is 0. The van der Waals surface area contributed by atoms with E-state index in [0.717, 1.165) is 18.5 Å². The molecule has 2 aliphatic rings. The van der Waals surface area contributed by atoms with Gasteiger partial charge in [0.2, 0.25) is 0 Å². The topological polar surface area (TPSA) is 41.1 Å². The van der Waals surface area contributed by atoms with Gasteiger partial charge in [-0.2, -0.15) is 0 Å². The summed E-state index contributed by atoms with van der Waals surface area (Å²) in [5, 5.41) is 6.91. The van der Waals surface area contributed by atoms with Crippen LogP contribution in [0.1, 0.15) is 55.5 Å². The highest BCUT2D eigenvalue weighted by molar-refractivity contribution is 6.00. The molecule has 1 aliphatic heterocycles. The summed E-state index contributed by atoms with van der Waals surface area (Å²) in [4.78, 5) is 12.6. The molecule has 114 valence electrons. The number of hydrogen-bond acceptors (Lipinski definition) is 3. The maximum absolute atomic E-state index is 12.6. The Labute approximate surface area is 127 Å². The second-order valence-corrected chi connectivity index (χ2v) is 6.67.